The summed E-state index contributed by atoms with van der Waals surface area (Å²) in [5.74, 6) is -0.153. The zero-order valence-corrected chi connectivity index (χ0v) is 11.4. The third-order valence-electron chi connectivity index (χ3n) is 2.55. The average molecular weight is 276 g/mol. The first kappa shape index (κ1) is 12.7. The molecule has 0 atom stereocenters. The molecule has 0 aliphatic rings. The maximum Gasteiger partial charge on any atom is 0.256 e. The van der Waals surface area contributed by atoms with Gasteiger partial charge in [0.2, 0.25) is 0 Å². The van der Waals surface area contributed by atoms with Gasteiger partial charge in [-0.3, -0.25) is 4.79 Å². The number of nitrogens with two attached hydrogens (primary N) is 1. The summed E-state index contributed by atoms with van der Waals surface area (Å²) in [7, 11) is 0. The van der Waals surface area contributed by atoms with Gasteiger partial charge >= 0.3 is 0 Å². The Morgan fingerprint density at radius 3 is 2.78 bits per heavy atom. The molecule has 1 heterocycles. The van der Waals surface area contributed by atoms with Gasteiger partial charge in [0.05, 0.1) is 11.3 Å². The third kappa shape index (κ3) is 2.57. The van der Waals surface area contributed by atoms with E-state index in [4.69, 9.17) is 18.0 Å². The number of anilines is 1. The predicted molar refractivity (Wildman–Crippen MR) is 79.3 cm³/mol. The van der Waals surface area contributed by atoms with Gasteiger partial charge in [-0.05, 0) is 30.0 Å². The molecule has 2 rings (SSSR count). The van der Waals surface area contributed by atoms with Crippen LogP contribution < -0.4 is 11.1 Å². The lowest BCUT2D eigenvalue weighted by Gasteiger charge is -2.12. The second-order valence-electron chi connectivity index (χ2n) is 3.83. The molecule has 0 saturated carbocycles. The number of thiocarbonyl (C=S) groups is 1. The highest BCUT2D eigenvalue weighted by Gasteiger charge is 2.12. The Kier molecular flexibility index (Phi) is 3.74. The van der Waals surface area contributed by atoms with Crippen LogP contribution in [0.4, 0.5) is 5.69 Å². The van der Waals surface area contributed by atoms with E-state index < -0.39 is 0 Å². The third-order valence-corrected chi connectivity index (χ3v) is 3.44. The Hall–Kier alpha value is -1.72. The van der Waals surface area contributed by atoms with Gasteiger partial charge in [0.15, 0.2) is 0 Å². The van der Waals surface area contributed by atoms with Crippen LogP contribution in [0.25, 0.3) is 0 Å². The number of rotatable bonds is 3. The Morgan fingerprint density at radius 2 is 2.17 bits per heavy atom. The van der Waals surface area contributed by atoms with E-state index in [0.29, 0.717) is 11.3 Å². The van der Waals surface area contributed by atoms with Gasteiger partial charge in [-0.25, -0.2) is 0 Å². The van der Waals surface area contributed by atoms with Crippen LogP contribution in [0.15, 0.2) is 35.0 Å². The molecule has 0 unspecified atom stereocenters. The molecular weight excluding hydrogens is 264 g/mol. The number of thiophene rings is 1. The molecule has 2 aromatic rings. The molecule has 5 heteroatoms. The van der Waals surface area contributed by atoms with E-state index in [0.717, 1.165) is 11.1 Å². The van der Waals surface area contributed by atoms with Gasteiger partial charge in [0.1, 0.15) is 4.99 Å². The number of benzene rings is 1. The monoisotopic (exact) mass is 276 g/mol. The summed E-state index contributed by atoms with van der Waals surface area (Å²) in [6.07, 6.45) is 0. The number of amides is 1. The summed E-state index contributed by atoms with van der Waals surface area (Å²) < 4.78 is 0. The zero-order valence-electron chi connectivity index (χ0n) is 9.77. The van der Waals surface area contributed by atoms with Crippen molar-refractivity contribution in [3.05, 3.63) is 51.7 Å². The molecule has 1 aromatic carbocycles. The number of carbonyl (C=O) groups excluding carboxylic acids is 1. The first-order valence-corrected chi connectivity index (χ1v) is 6.67. The van der Waals surface area contributed by atoms with Crippen LogP contribution in [0.1, 0.15) is 21.5 Å². The van der Waals surface area contributed by atoms with E-state index in [9.17, 15) is 4.79 Å². The fraction of sp³-hybridized carbons (Fsp3) is 0.0769. The van der Waals surface area contributed by atoms with Crippen molar-refractivity contribution in [2.75, 3.05) is 5.32 Å². The number of hydrogen-bond acceptors (Lipinski definition) is 3. The number of carbonyl (C=O) groups is 1. The highest BCUT2D eigenvalue weighted by molar-refractivity contribution is 7.80. The van der Waals surface area contributed by atoms with Crippen LogP contribution in [-0.2, 0) is 0 Å². The van der Waals surface area contributed by atoms with Gasteiger partial charge < -0.3 is 11.1 Å². The van der Waals surface area contributed by atoms with E-state index >= 15 is 0 Å². The summed E-state index contributed by atoms with van der Waals surface area (Å²) in [5.41, 5.74) is 8.65. The van der Waals surface area contributed by atoms with Crippen molar-refractivity contribution in [3.8, 4) is 0 Å². The molecule has 3 nitrogen and oxygen atoms in total. The van der Waals surface area contributed by atoms with Crippen LogP contribution in [0.5, 0.6) is 0 Å². The van der Waals surface area contributed by atoms with Crippen LogP contribution in [0.2, 0.25) is 0 Å². The molecule has 0 aliphatic heterocycles. The predicted octanol–water partition coefficient (Wildman–Crippen LogP) is 2.94. The smallest absolute Gasteiger partial charge is 0.256 e. The highest BCUT2D eigenvalue weighted by Crippen LogP contribution is 2.20. The maximum absolute atomic E-state index is 12.0. The molecule has 0 aliphatic carbocycles. The molecule has 1 amide bonds. The van der Waals surface area contributed by atoms with E-state index in [1.54, 1.807) is 17.5 Å². The van der Waals surface area contributed by atoms with Gasteiger partial charge in [0, 0.05) is 10.9 Å². The molecule has 0 fully saturated rings. The highest BCUT2D eigenvalue weighted by atomic mass is 32.1. The number of nitrogens with one attached hydrogen (secondary N) is 1. The molecule has 0 radical (unpaired) electrons. The van der Waals surface area contributed by atoms with Crippen molar-refractivity contribution in [3.63, 3.8) is 0 Å². The molecule has 92 valence electrons. The summed E-state index contributed by atoms with van der Waals surface area (Å²) in [4.78, 5) is 12.3. The molecule has 0 bridgehead atoms. The fourth-order valence-electron chi connectivity index (χ4n) is 1.69. The number of aryl methyl sites for hydroxylation is 1. The normalized spacial score (nSPS) is 10.1. The van der Waals surface area contributed by atoms with Crippen molar-refractivity contribution < 1.29 is 4.79 Å². The maximum atomic E-state index is 12.0. The van der Waals surface area contributed by atoms with Gasteiger partial charge in [-0.15, -0.1) is 0 Å². The van der Waals surface area contributed by atoms with Crippen molar-refractivity contribution in [2.24, 2.45) is 5.73 Å². The minimum Gasteiger partial charge on any atom is -0.389 e. The zero-order chi connectivity index (χ0) is 13.1. The van der Waals surface area contributed by atoms with Crippen LogP contribution in [0.3, 0.4) is 0 Å². The summed E-state index contributed by atoms with van der Waals surface area (Å²) in [6, 6.07) is 7.34. The van der Waals surface area contributed by atoms with Crippen LogP contribution in [0, 0.1) is 6.92 Å². The van der Waals surface area contributed by atoms with Gasteiger partial charge in [-0.2, -0.15) is 11.3 Å². The van der Waals surface area contributed by atoms with Crippen molar-refractivity contribution in [1.82, 2.24) is 0 Å². The van der Waals surface area contributed by atoms with Crippen LogP contribution in [-0.4, -0.2) is 10.9 Å². The first-order chi connectivity index (χ1) is 8.59. The molecule has 18 heavy (non-hydrogen) atoms. The molecular formula is C13H12N2OS2. The minimum absolute atomic E-state index is 0.153. The minimum atomic E-state index is -0.153. The Morgan fingerprint density at radius 1 is 1.39 bits per heavy atom. The first-order valence-electron chi connectivity index (χ1n) is 5.32. The Balaban J connectivity index is 2.32. The number of hydrogen-bond donors (Lipinski definition) is 2. The lowest BCUT2D eigenvalue weighted by Crippen LogP contribution is -2.18. The van der Waals surface area contributed by atoms with E-state index in [1.165, 1.54) is 11.3 Å². The second kappa shape index (κ2) is 5.29. The fourth-order valence-corrected chi connectivity index (χ4v) is 2.59. The molecule has 3 N–H and O–H groups in total. The second-order valence-corrected chi connectivity index (χ2v) is 5.05. The lowest BCUT2D eigenvalue weighted by atomic mass is 10.1. The molecule has 0 spiro atoms. The Labute approximate surface area is 115 Å². The van der Waals surface area contributed by atoms with Gasteiger partial charge in [0.25, 0.3) is 5.91 Å². The van der Waals surface area contributed by atoms with E-state index in [2.05, 4.69) is 5.32 Å². The van der Waals surface area contributed by atoms with Gasteiger partial charge in [-0.1, -0.05) is 24.4 Å². The topological polar surface area (TPSA) is 55.1 Å². The standard InChI is InChI=1S/C13H12N2OS2/c1-8-3-2-4-10(11(8)12(14)17)15-13(16)9-5-6-18-7-9/h2-7H,1H3,(H2,14,17)(H,15,16). The lowest BCUT2D eigenvalue weighted by molar-refractivity contribution is 0.102. The molecule has 0 saturated heterocycles. The quantitative estimate of drug-likeness (QED) is 0.847. The van der Waals surface area contributed by atoms with Crippen molar-refractivity contribution >= 4 is 40.1 Å². The van der Waals surface area contributed by atoms with Crippen molar-refractivity contribution in [2.45, 2.75) is 6.92 Å². The average Bonchev–Trinajstić information content (AvgIpc) is 2.81. The summed E-state index contributed by atoms with van der Waals surface area (Å²) >= 11 is 6.50. The largest absolute Gasteiger partial charge is 0.389 e. The Bertz CT molecular complexity index is 591. The van der Waals surface area contributed by atoms with Crippen molar-refractivity contribution in [1.29, 1.82) is 0 Å². The van der Waals surface area contributed by atoms with E-state index in [-0.39, 0.29) is 10.9 Å². The van der Waals surface area contributed by atoms with E-state index in [1.807, 2.05) is 24.4 Å². The summed E-state index contributed by atoms with van der Waals surface area (Å²) in [6.45, 7) is 1.91. The SMILES string of the molecule is Cc1cccc(NC(=O)c2ccsc2)c1C(N)=S. The summed E-state index contributed by atoms with van der Waals surface area (Å²) in [5, 5.41) is 6.49. The molecule has 1 aromatic heterocycles. The van der Waals surface area contributed by atoms with Crippen LogP contribution >= 0.6 is 23.6 Å².